The summed E-state index contributed by atoms with van der Waals surface area (Å²) in [7, 11) is -5.74. The van der Waals surface area contributed by atoms with Gasteiger partial charge in [-0.2, -0.15) is 17.2 Å². The maximum Gasteiger partial charge on any atom is 0.402 e. The maximum absolute atomic E-state index is 13.6. The van der Waals surface area contributed by atoms with Crippen LogP contribution in [0, 0.1) is 22.7 Å². The van der Waals surface area contributed by atoms with E-state index in [2.05, 4.69) is 0 Å². The third kappa shape index (κ3) is 5.12. The predicted molar refractivity (Wildman–Crippen MR) is 120 cm³/mol. The van der Waals surface area contributed by atoms with E-state index in [-0.39, 0.29) is 18.3 Å². The normalized spacial score (nSPS) is 33.1. The fourth-order valence-corrected chi connectivity index (χ4v) is 7.60. The lowest BCUT2D eigenvalue weighted by atomic mass is 9.44. The molecule has 0 aromatic heterocycles. The topological polar surface area (TPSA) is 133 Å². The van der Waals surface area contributed by atoms with Crippen LogP contribution in [0.3, 0.4) is 0 Å². The fraction of sp³-hybridized carbons (Fsp3) is 0.875. The molecule has 0 amide bonds. The molecule has 2 unspecified atom stereocenters. The van der Waals surface area contributed by atoms with Crippen LogP contribution in [0.1, 0.15) is 84.0 Å². The van der Waals surface area contributed by atoms with Crippen LogP contribution in [0.2, 0.25) is 0 Å². The smallest absolute Gasteiger partial charge is 0.402 e. The van der Waals surface area contributed by atoms with Gasteiger partial charge in [0.2, 0.25) is 0 Å². The molecule has 0 spiro atoms. The first-order chi connectivity index (χ1) is 16.7. The molecule has 36 heavy (non-hydrogen) atoms. The minimum atomic E-state index is -5.74. The second kappa shape index (κ2) is 9.49. The standard InChI is InChI=1S/C24H34F2O9S/c1-2-23(6-4-3-5-7-23)35-18(27)13-33-19(28)21-9-16-8-17(10-21)12-22(11-16,14-21)20(29)34-15-24(25,26)36(30,31)32/h16-17H,2-15H2,1H3,(H,30,31,32). The van der Waals surface area contributed by atoms with Crippen molar-refractivity contribution in [3.05, 3.63) is 0 Å². The van der Waals surface area contributed by atoms with Gasteiger partial charge in [-0.3, -0.25) is 14.1 Å². The highest BCUT2D eigenvalue weighted by Crippen LogP contribution is 2.66. The molecule has 5 saturated carbocycles. The summed E-state index contributed by atoms with van der Waals surface area (Å²) >= 11 is 0. The van der Waals surface area contributed by atoms with E-state index in [1.165, 1.54) is 0 Å². The Labute approximate surface area is 209 Å². The molecule has 0 aromatic rings. The molecule has 0 aromatic carbocycles. The number of alkyl halides is 2. The van der Waals surface area contributed by atoms with E-state index in [4.69, 9.17) is 18.8 Å². The zero-order chi connectivity index (χ0) is 26.4. The summed E-state index contributed by atoms with van der Waals surface area (Å²) in [5, 5.41) is -4.63. The van der Waals surface area contributed by atoms with Crippen LogP contribution in [-0.2, 0) is 38.7 Å². The number of hydrogen-bond acceptors (Lipinski definition) is 8. The Kier molecular flexibility index (Phi) is 7.17. The van der Waals surface area contributed by atoms with Crippen molar-refractivity contribution in [1.82, 2.24) is 0 Å². The Bertz CT molecular complexity index is 989. The number of carbonyl (C=O) groups excluding carboxylic acids is 3. The number of halogens is 2. The van der Waals surface area contributed by atoms with E-state index in [9.17, 15) is 31.6 Å². The fourth-order valence-electron chi connectivity index (χ4n) is 7.39. The minimum absolute atomic E-state index is 0.0222. The largest absolute Gasteiger partial charge is 0.458 e. The highest BCUT2D eigenvalue weighted by Gasteiger charge is 2.64. The van der Waals surface area contributed by atoms with Crippen LogP contribution in [0.25, 0.3) is 0 Å². The van der Waals surface area contributed by atoms with Crippen molar-refractivity contribution < 1.29 is 50.3 Å². The lowest BCUT2D eigenvalue weighted by molar-refractivity contribution is -0.199. The average molecular weight is 537 g/mol. The Morgan fingerprint density at radius 3 is 1.97 bits per heavy atom. The van der Waals surface area contributed by atoms with Crippen molar-refractivity contribution in [2.45, 2.75) is 94.8 Å². The molecule has 5 fully saturated rings. The lowest BCUT2D eigenvalue weighted by Gasteiger charge is -2.59. The minimum Gasteiger partial charge on any atom is -0.458 e. The molecule has 2 atom stereocenters. The monoisotopic (exact) mass is 536 g/mol. The van der Waals surface area contributed by atoms with E-state index >= 15 is 0 Å². The second-order valence-corrected chi connectivity index (χ2v) is 12.9. The average Bonchev–Trinajstić information content (AvgIpc) is 2.80. The van der Waals surface area contributed by atoms with E-state index in [1.54, 1.807) is 0 Å². The van der Waals surface area contributed by atoms with Crippen LogP contribution >= 0.6 is 0 Å². The molecular weight excluding hydrogens is 502 g/mol. The van der Waals surface area contributed by atoms with Crippen LogP contribution in [0.5, 0.6) is 0 Å². The number of ether oxygens (including phenoxy) is 3. The van der Waals surface area contributed by atoms with Gasteiger partial charge in [0.25, 0.3) is 0 Å². The van der Waals surface area contributed by atoms with Crippen molar-refractivity contribution >= 4 is 28.0 Å². The second-order valence-electron chi connectivity index (χ2n) is 11.4. The van der Waals surface area contributed by atoms with Crippen LogP contribution in [-0.4, -0.2) is 54.9 Å². The number of carbonyl (C=O) groups is 3. The highest BCUT2D eigenvalue weighted by atomic mass is 32.2. The first-order valence-corrected chi connectivity index (χ1v) is 14.1. The highest BCUT2D eigenvalue weighted by molar-refractivity contribution is 7.86. The molecule has 0 radical (unpaired) electrons. The van der Waals surface area contributed by atoms with Crippen LogP contribution in [0.4, 0.5) is 8.78 Å². The van der Waals surface area contributed by atoms with Gasteiger partial charge in [0.1, 0.15) is 5.60 Å². The Morgan fingerprint density at radius 1 is 0.944 bits per heavy atom. The molecule has 1 N–H and O–H groups in total. The summed E-state index contributed by atoms with van der Waals surface area (Å²) in [4.78, 5) is 38.7. The summed E-state index contributed by atoms with van der Waals surface area (Å²) < 4.78 is 73.5. The molecule has 4 bridgehead atoms. The maximum atomic E-state index is 13.6. The van der Waals surface area contributed by atoms with Crippen LogP contribution in [0.15, 0.2) is 0 Å². The first-order valence-electron chi connectivity index (χ1n) is 12.6. The molecule has 204 valence electrons. The molecular formula is C24H34F2O9S. The molecule has 9 nitrogen and oxygen atoms in total. The van der Waals surface area contributed by atoms with Gasteiger partial charge in [-0.05, 0) is 82.5 Å². The quantitative estimate of drug-likeness (QED) is 0.265. The molecule has 5 aliphatic rings. The van der Waals surface area contributed by atoms with Gasteiger partial charge in [0.05, 0.1) is 10.8 Å². The van der Waals surface area contributed by atoms with Crippen molar-refractivity contribution in [1.29, 1.82) is 0 Å². The summed E-state index contributed by atoms with van der Waals surface area (Å²) in [5.74, 6) is -2.27. The summed E-state index contributed by atoms with van der Waals surface area (Å²) in [5.41, 5.74) is -2.78. The Hall–Kier alpha value is -1.82. The van der Waals surface area contributed by atoms with Gasteiger partial charge in [0, 0.05) is 0 Å². The van der Waals surface area contributed by atoms with E-state index in [0.29, 0.717) is 32.1 Å². The molecule has 5 rings (SSSR count). The molecule has 0 saturated heterocycles. The molecule has 5 aliphatic carbocycles. The third-order valence-electron chi connectivity index (χ3n) is 8.74. The van der Waals surface area contributed by atoms with Gasteiger partial charge in [-0.15, -0.1) is 0 Å². The lowest BCUT2D eigenvalue weighted by Crippen LogP contribution is -2.58. The first kappa shape index (κ1) is 27.2. The SMILES string of the molecule is CCC1(OC(=O)COC(=O)C23CC4CC(C2)CC(C(=O)OCC(F)(F)S(=O)(=O)O)(C4)C3)CCCCC1. The summed E-state index contributed by atoms with van der Waals surface area (Å²) in [6.45, 7) is -0.371. The van der Waals surface area contributed by atoms with Gasteiger partial charge in [0.15, 0.2) is 13.2 Å². The van der Waals surface area contributed by atoms with Crippen molar-refractivity contribution in [3.63, 3.8) is 0 Å². The van der Waals surface area contributed by atoms with Gasteiger partial charge < -0.3 is 14.2 Å². The number of hydrogen-bond donors (Lipinski definition) is 1. The van der Waals surface area contributed by atoms with Gasteiger partial charge >= 0.3 is 33.3 Å². The molecule has 12 heteroatoms. The van der Waals surface area contributed by atoms with Gasteiger partial charge in [-0.1, -0.05) is 13.3 Å². The van der Waals surface area contributed by atoms with Crippen molar-refractivity contribution in [2.24, 2.45) is 22.7 Å². The Morgan fingerprint density at radius 2 is 1.47 bits per heavy atom. The Balaban J connectivity index is 1.40. The van der Waals surface area contributed by atoms with Gasteiger partial charge in [-0.25, -0.2) is 4.79 Å². The van der Waals surface area contributed by atoms with E-state index < -0.39 is 62.9 Å². The summed E-state index contributed by atoms with van der Waals surface area (Å²) in [6, 6.07) is 0. The van der Waals surface area contributed by atoms with Crippen LogP contribution < -0.4 is 0 Å². The van der Waals surface area contributed by atoms with Crippen molar-refractivity contribution in [2.75, 3.05) is 13.2 Å². The zero-order valence-electron chi connectivity index (χ0n) is 20.4. The summed E-state index contributed by atoms with van der Waals surface area (Å²) in [6.07, 6.45) is 7.70. The number of rotatable bonds is 9. The molecule has 0 aliphatic heterocycles. The third-order valence-corrected chi connectivity index (χ3v) is 9.61. The predicted octanol–water partition coefficient (Wildman–Crippen LogP) is 3.80. The molecule has 0 heterocycles. The van der Waals surface area contributed by atoms with Crippen molar-refractivity contribution in [3.8, 4) is 0 Å². The number of esters is 3. The van der Waals surface area contributed by atoms with E-state index in [0.717, 1.165) is 38.5 Å². The zero-order valence-corrected chi connectivity index (χ0v) is 21.2. The van der Waals surface area contributed by atoms with E-state index in [1.807, 2.05) is 6.92 Å².